The van der Waals surface area contributed by atoms with Crippen LogP contribution in [0.4, 0.5) is 0 Å². The number of hydrogen-bond donors (Lipinski definition) is 2. The van der Waals surface area contributed by atoms with Gasteiger partial charge in [-0.05, 0) is 69.2 Å². The summed E-state index contributed by atoms with van der Waals surface area (Å²) in [5.41, 5.74) is 0. The summed E-state index contributed by atoms with van der Waals surface area (Å²) in [5, 5.41) is 8.75. The van der Waals surface area contributed by atoms with E-state index < -0.39 is 0 Å². The molecule has 2 fully saturated rings. The van der Waals surface area contributed by atoms with Crippen molar-refractivity contribution >= 4 is 17.2 Å². The summed E-state index contributed by atoms with van der Waals surface area (Å²) in [6.45, 7) is 6.28. The lowest BCUT2D eigenvalue weighted by atomic mass is 9.84. The molecule has 0 spiro atoms. The fraction of sp³-hybridized carbons (Fsp3) is 0.722. The Morgan fingerprint density at radius 2 is 2.09 bits per heavy atom. The monoisotopic (exact) mass is 320 g/mol. The van der Waals surface area contributed by atoms with E-state index in [0.717, 1.165) is 11.8 Å². The molecule has 2 saturated carbocycles. The van der Waals surface area contributed by atoms with Gasteiger partial charge in [-0.2, -0.15) is 0 Å². The maximum absolute atomic E-state index is 12.5. The predicted molar refractivity (Wildman–Crippen MR) is 91.9 cm³/mol. The Hall–Kier alpha value is -0.870. The molecule has 6 atom stereocenters. The van der Waals surface area contributed by atoms with Crippen LogP contribution in [0.15, 0.2) is 17.5 Å². The van der Waals surface area contributed by atoms with Gasteiger partial charge in [-0.1, -0.05) is 12.5 Å². The molecule has 3 nitrogen and oxygen atoms in total. The van der Waals surface area contributed by atoms with Gasteiger partial charge in [0.05, 0.1) is 6.04 Å². The molecule has 0 radical (unpaired) electrons. The number of hydrogen-bond acceptors (Lipinski definition) is 3. The van der Waals surface area contributed by atoms with Gasteiger partial charge in [-0.15, -0.1) is 11.3 Å². The summed E-state index contributed by atoms with van der Waals surface area (Å²) in [6.07, 6.45) is 5.50. The smallest absolute Gasteiger partial charge is 0.237 e. The number of thiophene rings is 1. The molecule has 1 amide bonds. The van der Waals surface area contributed by atoms with Gasteiger partial charge in [-0.3, -0.25) is 10.1 Å². The van der Waals surface area contributed by atoms with Crippen LogP contribution in [0.1, 0.15) is 57.4 Å². The maximum atomic E-state index is 12.5. The first-order chi connectivity index (χ1) is 10.5. The lowest BCUT2D eigenvalue weighted by Gasteiger charge is -2.30. The van der Waals surface area contributed by atoms with Crippen LogP contribution in [-0.2, 0) is 4.79 Å². The van der Waals surface area contributed by atoms with Crippen molar-refractivity contribution in [3.8, 4) is 0 Å². The molecule has 1 aromatic rings. The summed E-state index contributed by atoms with van der Waals surface area (Å²) in [6, 6.07) is 4.55. The Bertz CT molecular complexity index is 501. The van der Waals surface area contributed by atoms with Crippen molar-refractivity contribution in [1.82, 2.24) is 10.6 Å². The largest absolute Gasteiger partial charge is 0.352 e. The van der Waals surface area contributed by atoms with Crippen molar-refractivity contribution in [3.05, 3.63) is 22.4 Å². The molecular formula is C18H28N2OS. The Labute approximate surface area is 137 Å². The Morgan fingerprint density at radius 3 is 2.68 bits per heavy atom. The first kappa shape index (κ1) is 16.0. The summed E-state index contributed by atoms with van der Waals surface area (Å²) in [7, 11) is 0. The van der Waals surface area contributed by atoms with Crippen LogP contribution in [0.3, 0.4) is 0 Å². The Balaban J connectivity index is 1.48. The molecule has 122 valence electrons. The lowest BCUT2D eigenvalue weighted by Crippen LogP contribution is -2.48. The molecule has 6 unspecified atom stereocenters. The number of carbonyl (C=O) groups is 1. The minimum absolute atomic E-state index is 0.138. The second-order valence-electron chi connectivity index (χ2n) is 7.26. The van der Waals surface area contributed by atoms with Crippen LogP contribution in [0.25, 0.3) is 0 Å². The Morgan fingerprint density at radius 1 is 1.27 bits per heavy atom. The molecule has 1 heterocycles. The molecule has 0 aliphatic heterocycles. The number of rotatable bonds is 6. The number of carbonyl (C=O) groups excluding carboxylic acids is 1. The van der Waals surface area contributed by atoms with Crippen LogP contribution in [0, 0.1) is 17.8 Å². The molecule has 2 bridgehead atoms. The van der Waals surface area contributed by atoms with E-state index in [9.17, 15) is 4.79 Å². The predicted octanol–water partition coefficient (Wildman–Crippen LogP) is 3.73. The molecule has 4 heteroatoms. The Kier molecular flexibility index (Phi) is 4.88. The van der Waals surface area contributed by atoms with E-state index in [2.05, 4.69) is 42.0 Å². The topological polar surface area (TPSA) is 41.1 Å². The van der Waals surface area contributed by atoms with Gasteiger partial charge in [0.15, 0.2) is 0 Å². The second-order valence-corrected chi connectivity index (χ2v) is 8.24. The summed E-state index contributed by atoms with van der Waals surface area (Å²) >= 11 is 1.73. The zero-order valence-electron chi connectivity index (χ0n) is 13.8. The number of amides is 1. The number of nitrogens with one attached hydrogen (secondary N) is 2. The van der Waals surface area contributed by atoms with E-state index in [1.54, 1.807) is 11.3 Å². The van der Waals surface area contributed by atoms with Crippen molar-refractivity contribution in [2.75, 3.05) is 0 Å². The number of fused-ring (bicyclic) bond motifs is 2. The molecule has 3 rings (SSSR count). The third-order valence-corrected chi connectivity index (χ3v) is 6.72. The van der Waals surface area contributed by atoms with Gasteiger partial charge in [0.1, 0.15) is 0 Å². The standard InChI is InChI=1S/C18H28N2OS/c1-11(16-10-14-6-7-15(16)9-14)20-18(21)13(3)19-12(2)17-5-4-8-22-17/h4-5,8,11-16,19H,6-7,9-10H2,1-3H3,(H,20,21). The van der Waals surface area contributed by atoms with E-state index >= 15 is 0 Å². The molecule has 2 aliphatic carbocycles. The van der Waals surface area contributed by atoms with Crippen LogP contribution in [-0.4, -0.2) is 18.0 Å². The van der Waals surface area contributed by atoms with Crippen LogP contribution in [0.2, 0.25) is 0 Å². The summed E-state index contributed by atoms with van der Waals surface area (Å²) < 4.78 is 0. The first-order valence-electron chi connectivity index (χ1n) is 8.64. The minimum atomic E-state index is -0.154. The van der Waals surface area contributed by atoms with Crippen molar-refractivity contribution in [1.29, 1.82) is 0 Å². The van der Waals surface area contributed by atoms with E-state index in [-0.39, 0.29) is 18.0 Å². The fourth-order valence-corrected chi connectivity index (χ4v) is 5.18. The summed E-state index contributed by atoms with van der Waals surface area (Å²) in [4.78, 5) is 13.7. The van der Waals surface area contributed by atoms with Crippen LogP contribution < -0.4 is 10.6 Å². The van der Waals surface area contributed by atoms with E-state index in [1.807, 2.05) is 6.92 Å². The average Bonchev–Trinajstić information content (AvgIpc) is 3.23. The maximum Gasteiger partial charge on any atom is 0.237 e. The molecule has 2 N–H and O–H groups in total. The molecule has 0 saturated heterocycles. The van der Waals surface area contributed by atoms with Gasteiger partial charge in [-0.25, -0.2) is 0 Å². The molecule has 1 aromatic heterocycles. The summed E-state index contributed by atoms with van der Waals surface area (Å²) in [5.74, 6) is 2.63. The van der Waals surface area contributed by atoms with Crippen molar-refractivity contribution in [2.45, 2.75) is 64.6 Å². The third-order valence-electron chi connectivity index (χ3n) is 5.67. The van der Waals surface area contributed by atoms with Crippen LogP contribution >= 0.6 is 11.3 Å². The van der Waals surface area contributed by atoms with Gasteiger partial charge in [0.25, 0.3) is 0 Å². The highest BCUT2D eigenvalue weighted by Crippen LogP contribution is 2.49. The molecule has 0 aromatic carbocycles. The fourth-order valence-electron chi connectivity index (χ4n) is 4.43. The molecule has 22 heavy (non-hydrogen) atoms. The molecular weight excluding hydrogens is 292 g/mol. The van der Waals surface area contributed by atoms with Gasteiger partial charge < -0.3 is 5.32 Å². The van der Waals surface area contributed by atoms with E-state index in [0.29, 0.717) is 12.0 Å². The normalized spacial score (nSPS) is 31.0. The SMILES string of the molecule is CC(NC(C)c1cccs1)C(=O)NC(C)C1CC2CCC1C2. The molecule has 2 aliphatic rings. The average molecular weight is 321 g/mol. The van der Waals surface area contributed by atoms with Crippen molar-refractivity contribution in [2.24, 2.45) is 17.8 Å². The zero-order chi connectivity index (χ0) is 15.7. The quantitative estimate of drug-likeness (QED) is 0.838. The van der Waals surface area contributed by atoms with Crippen LogP contribution in [0.5, 0.6) is 0 Å². The first-order valence-corrected chi connectivity index (χ1v) is 9.52. The van der Waals surface area contributed by atoms with E-state index in [1.165, 1.54) is 30.6 Å². The van der Waals surface area contributed by atoms with Gasteiger partial charge in [0, 0.05) is 17.0 Å². The highest BCUT2D eigenvalue weighted by atomic mass is 32.1. The van der Waals surface area contributed by atoms with E-state index in [4.69, 9.17) is 0 Å². The highest BCUT2D eigenvalue weighted by Gasteiger charge is 2.42. The van der Waals surface area contributed by atoms with Gasteiger partial charge >= 0.3 is 0 Å². The highest BCUT2D eigenvalue weighted by molar-refractivity contribution is 7.10. The minimum Gasteiger partial charge on any atom is -0.352 e. The lowest BCUT2D eigenvalue weighted by molar-refractivity contribution is -0.124. The van der Waals surface area contributed by atoms with Gasteiger partial charge in [0.2, 0.25) is 5.91 Å². The second kappa shape index (κ2) is 6.71. The van der Waals surface area contributed by atoms with Crippen molar-refractivity contribution in [3.63, 3.8) is 0 Å². The zero-order valence-corrected chi connectivity index (χ0v) is 14.7. The third kappa shape index (κ3) is 3.38. The van der Waals surface area contributed by atoms with Crippen molar-refractivity contribution < 1.29 is 4.79 Å².